The molecule has 1 aliphatic carbocycles. The van der Waals surface area contributed by atoms with E-state index in [4.69, 9.17) is 5.11 Å². The van der Waals surface area contributed by atoms with Crippen LogP contribution in [0.4, 0.5) is 0 Å². The molecule has 0 aliphatic heterocycles. The second-order valence-corrected chi connectivity index (χ2v) is 5.21. The van der Waals surface area contributed by atoms with Gasteiger partial charge in [-0.25, -0.2) is 0 Å². The highest BCUT2D eigenvalue weighted by molar-refractivity contribution is 5.89. The highest BCUT2D eigenvalue weighted by atomic mass is 16.4. The van der Waals surface area contributed by atoms with Gasteiger partial charge in [0.05, 0.1) is 11.8 Å². The maximum Gasteiger partial charge on any atom is 0.307 e. The Hall–Kier alpha value is -2.30. The van der Waals surface area contributed by atoms with Crippen LogP contribution in [0.3, 0.4) is 0 Å². The number of aromatic amines is 1. The number of aromatic nitrogens is 1. The van der Waals surface area contributed by atoms with Gasteiger partial charge in [-0.15, -0.1) is 0 Å². The van der Waals surface area contributed by atoms with Crippen LogP contribution in [0.1, 0.15) is 12.1 Å². The summed E-state index contributed by atoms with van der Waals surface area (Å²) in [7, 11) is 0. The number of rotatable bonds is 5. The van der Waals surface area contributed by atoms with Crippen LogP contribution < -0.4 is 5.32 Å². The first-order valence-corrected chi connectivity index (χ1v) is 6.72. The Bertz CT molecular complexity index is 629. The fraction of sp³-hybridized carbons (Fsp3) is 0.333. The largest absolute Gasteiger partial charge is 0.481 e. The van der Waals surface area contributed by atoms with Crippen molar-refractivity contribution in [2.24, 2.45) is 11.8 Å². The van der Waals surface area contributed by atoms with E-state index in [2.05, 4.69) is 16.4 Å². The number of amides is 1. The molecule has 20 heavy (non-hydrogen) atoms. The number of nitrogens with one attached hydrogen (secondary N) is 2. The summed E-state index contributed by atoms with van der Waals surface area (Å²) < 4.78 is 0. The minimum absolute atomic E-state index is 0.145. The summed E-state index contributed by atoms with van der Waals surface area (Å²) in [6.07, 6.45) is 1.18. The zero-order valence-corrected chi connectivity index (χ0v) is 10.9. The van der Waals surface area contributed by atoms with E-state index in [0.29, 0.717) is 19.4 Å². The predicted molar refractivity (Wildman–Crippen MR) is 74.2 cm³/mol. The number of hydrogen-bond donors (Lipinski definition) is 3. The summed E-state index contributed by atoms with van der Waals surface area (Å²) >= 11 is 0. The molecule has 1 saturated carbocycles. The lowest BCUT2D eigenvalue weighted by atomic mass is 10.2. The molecule has 0 spiro atoms. The Kier molecular flexibility index (Phi) is 3.18. The molecule has 1 fully saturated rings. The van der Waals surface area contributed by atoms with Crippen LogP contribution >= 0.6 is 0 Å². The maximum absolute atomic E-state index is 11.7. The molecule has 1 heterocycles. The van der Waals surface area contributed by atoms with Gasteiger partial charge in [-0.3, -0.25) is 9.59 Å². The Balaban J connectivity index is 1.50. The molecule has 2 atom stereocenters. The smallest absolute Gasteiger partial charge is 0.307 e. The molecule has 3 rings (SSSR count). The van der Waals surface area contributed by atoms with Gasteiger partial charge in [-0.05, 0) is 23.9 Å². The molecule has 104 valence electrons. The minimum Gasteiger partial charge on any atom is -0.481 e. The highest BCUT2D eigenvalue weighted by Gasteiger charge is 2.48. The Labute approximate surface area is 116 Å². The van der Waals surface area contributed by atoms with Crippen molar-refractivity contribution in [3.63, 3.8) is 0 Å². The first-order chi connectivity index (χ1) is 9.65. The number of hydrogen-bond acceptors (Lipinski definition) is 2. The SMILES string of the molecule is O=C(O)C1CC1C(=O)NCCc1cc2ccccc2[nH]1. The van der Waals surface area contributed by atoms with Crippen LogP contribution in [0.5, 0.6) is 0 Å². The van der Waals surface area contributed by atoms with E-state index in [-0.39, 0.29) is 11.8 Å². The van der Waals surface area contributed by atoms with Crippen LogP contribution in [-0.2, 0) is 16.0 Å². The number of para-hydroxylation sites is 1. The van der Waals surface area contributed by atoms with Crippen molar-refractivity contribution in [1.29, 1.82) is 0 Å². The van der Waals surface area contributed by atoms with Gasteiger partial charge in [-0.2, -0.15) is 0 Å². The number of carboxylic acids is 1. The lowest BCUT2D eigenvalue weighted by Gasteiger charge is -2.03. The fourth-order valence-corrected chi connectivity index (χ4v) is 2.48. The van der Waals surface area contributed by atoms with Crippen LogP contribution in [0.2, 0.25) is 0 Å². The number of carboxylic acid groups (broad SMARTS) is 1. The summed E-state index contributed by atoms with van der Waals surface area (Å²) in [5.41, 5.74) is 2.15. The molecule has 5 nitrogen and oxygen atoms in total. The van der Waals surface area contributed by atoms with Crippen molar-refractivity contribution in [2.45, 2.75) is 12.8 Å². The Morgan fingerprint density at radius 3 is 2.80 bits per heavy atom. The van der Waals surface area contributed by atoms with Gasteiger partial charge in [0.2, 0.25) is 5.91 Å². The van der Waals surface area contributed by atoms with Gasteiger partial charge in [0.1, 0.15) is 0 Å². The van der Waals surface area contributed by atoms with Gasteiger partial charge in [0.25, 0.3) is 0 Å². The van der Waals surface area contributed by atoms with Crippen molar-refractivity contribution < 1.29 is 14.7 Å². The Morgan fingerprint density at radius 2 is 2.10 bits per heavy atom. The molecule has 1 aromatic carbocycles. The number of carbonyl (C=O) groups is 2. The van der Waals surface area contributed by atoms with Gasteiger partial charge in [0.15, 0.2) is 0 Å². The number of H-pyrrole nitrogens is 1. The summed E-state index contributed by atoms with van der Waals surface area (Å²) in [5.74, 6) is -1.84. The van der Waals surface area contributed by atoms with E-state index in [1.165, 1.54) is 0 Å². The number of carbonyl (C=O) groups excluding carboxylic acids is 1. The van der Waals surface area contributed by atoms with Gasteiger partial charge in [0, 0.05) is 24.2 Å². The zero-order valence-electron chi connectivity index (χ0n) is 10.9. The standard InChI is InChI=1S/C15H16N2O3/c18-14(11-8-12(11)15(19)20)16-6-5-10-7-9-3-1-2-4-13(9)17-10/h1-4,7,11-12,17H,5-6,8H2,(H,16,18)(H,19,20). The van der Waals surface area contributed by atoms with Crippen LogP contribution in [-0.4, -0.2) is 28.5 Å². The van der Waals surface area contributed by atoms with E-state index in [1.54, 1.807) is 0 Å². The van der Waals surface area contributed by atoms with Crippen molar-refractivity contribution in [3.05, 3.63) is 36.0 Å². The molecule has 5 heteroatoms. The van der Waals surface area contributed by atoms with Crippen LogP contribution in [0.25, 0.3) is 10.9 Å². The van der Waals surface area contributed by atoms with E-state index >= 15 is 0 Å². The maximum atomic E-state index is 11.7. The Morgan fingerprint density at radius 1 is 1.30 bits per heavy atom. The molecule has 0 saturated heterocycles. The zero-order chi connectivity index (χ0) is 14.1. The van der Waals surface area contributed by atoms with Crippen molar-refractivity contribution in [3.8, 4) is 0 Å². The highest BCUT2D eigenvalue weighted by Crippen LogP contribution is 2.38. The molecule has 1 amide bonds. The van der Waals surface area contributed by atoms with Gasteiger partial charge < -0.3 is 15.4 Å². The lowest BCUT2D eigenvalue weighted by molar-refractivity contribution is -0.140. The lowest BCUT2D eigenvalue weighted by Crippen LogP contribution is -2.28. The van der Waals surface area contributed by atoms with E-state index in [1.807, 2.05) is 24.3 Å². The summed E-state index contributed by atoms with van der Waals surface area (Å²) in [6.45, 7) is 0.522. The van der Waals surface area contributed by atoms with Crippen LogP contribution in [0.15, 0.2) is 30.3 Å². The van der Waals surface area contributed by atoms with Crippen molar-refractivity contribution in [2.75, 3.05) is 6.54 Å². The third kappa shape index (κ3) is 2.52. The third-order valence-corrected chi connectivity index (χ3v) is 3.72. The monoisotopic (exact) mass is 272 g/mol. The topological polar surface area (TPSA) is 82.2 Å². The average molecular weight is 272 g/mol. The molecule has 1 aliphatic rings. The summed E-state index contributed by atoms with van der Waals surface area (Å²) in [4.78, 5) is 25.7. The van der Waals surface area contributed by atoms with E-state index in [0.717, 1.165) is 16.6 Å². The third-order valence-electron chi connectivity index (χ3n) is 3.72. The van der Waals surface area contributed by atoms with E-state index < -0.39 is 11.9 Å². The fourth-order valence-electron chi connectivity index (χ4n) is 2.48. The normalized spacial score (nSPS) is 20.8. The predicted octanol–water partition coefficient (Wildman–Crippen LogP) is 1.55. The first-order valence-electron chi connectivity index (χ1n) is 6.72. The average Bonchev–Trinajstić information content (AvgIpc) is 3.13. The molecule has 0 radical (unpaired) electrons. The summed E-state index contributed by atoms with van der Waals surface area (Å²) in [6, 6.07) is 10.1. The van der Waals surface area contributed by atoms with Crippen LogP contribution in [0, 0.1) is 11.8 Å². The van der Waals surface area contributed by atoms with Gasteiger partial charge >= 0.3 is 5.97 Å². The van der Waals surface area contributed by atoms with E-state index in [9.17, 15) is 9.59 Å². The van der Waals surface area contributed by atoms with Crippen molar-refractivity contribution >= 4 is 22.8 Å². The minimum atomic E-state index is -0.874. The molecule has 2 aromatic rings. The quantitative estimate of drug-likeness (QED) is 0.772. The molecular weight excluding hydrogens is 256 g/mol. The van der Waals surface area contributed by atoms with Crippen molar-refractivity contribution in [1.82, 2.24) is 10.3 Å². The second-order valence-electron chi connectivity index (χ2n) is 5.21. The number of benzene rings is 1. The van der Waals surface area contributed by atoms with Gasteiger partial charge in [-0.1, -0.05) is 18.2 Å². The second kappa shape index (κ2) is 5.00. The number of aliphatic carboxylic acids is 1. The first kappa shape index (κ1) is 12.7. The number of fused-ring (bicyclic) bond motifs is 1. The molecule has 3 N–H and O–H groups in total. The molecular formula is C15H16N2O3. The molecule has 0 bridgehead atoms. The molecule has 1 aromatic heterocycles. The summed E-state index contributed by atoms with van der Waals surface area (Å²) in [5, 5.41) is 12.7. The molecule has 2 unspecified atom stereocenters.